The van der Waals surface area contributed by atoms with Crippen LogP contribution in [0.3, 0.4) is 0 Å². The number of furan rings is 1. The van der Waals surface area contributed by atoms with Crippen molar-refractivity contribution in [1.82, 2.24) is 5.32 Å². The lowest BCUT2D eigenvalue weighted by molar-refractivity contribution is -0.127. The predicted molar refractivity (Wildman–Crippen MR) is 65.6 cm³/mol. The Balaban J connectivity index is 1.63. The average molecular weight is 249 g/mol. The largest absolute Gasteiger partial charge is 0.467 e. The van der Waals surface area contributed by atoms with E-state index in [2.05, 4.69) is 5.32 Å². The smallest absolute Gasteiger partial charge is 0.224 e. The van der Waals surface area contributed by atoms with Crippen LogP contribution in [0.5, 0.6) is 0 Å². The minimum atomic E-state index is -0.411. The van der Waals surface area contributed by atoms with Crippen LogP contribution in [0.15, 0.2) is 22.8 Å². The molecule has 2 N–H and O–H groups in total. The van der Waals surface area contributed by atoms with Crippen molar-refractivity contribution in [3.8, 4) is 0 Å². The zero-order valence-corrected chi connectivity index (χ0v) is 10.3. The van der Waals surface area contributed by atoms with Crippen LogP contribution in [0.4, 0.5) is 0 Å². The van der Waals surface area contributed by atoms with Gasteiger partial charge in [-0.3, -0.25) is 4.79 Å². The summed E-state index contributed by atoms with van der Waals surface area (Å²) in [6, 6.07) is 3.13. The molecular formula is C14H19NO3. The van der Waals surface area contributed by atoms with E-state index >= 15 is 0 Å². The number of aliphatic hydroxyl groups is 1. The summed E-state index contributed by atoms with van der Waals surface area (Å²) in [6.07, 6.45) is 6.26. The Hall–Kier alpha value is -1.29. The fourth-order valence-corrected chi connectivity index (χ4v) is 3.54. The normalized spacial score (nSPS) is 31.5. The molecule has 3 rings (SSSR count). The third-order valence-electron chi connectivity index (χ3n) is 4.46. The van der Waals surface area contributed by atoms with Gasteiger partial charge in [0.2, 0.25) is 5.91 Å². The quantitative estimate of drug-likeness (QED) is 0.856. The molecule has 1 aromatic heterocycles. The van der Waals surface area contributed by atoms with E-state index in [9.17, 15) is 9.90 Å². The molecule has 4 unspecified atom stereocenters. The molecule has 2 aliphatic rings. The van der Waals surface area contributed by atoms with E-state index in [-0.39, 0.29) is 18.4 Å². The molecule has 18 heavy (non-hydrogen) atoms. The zero-order chi connectivity index (χ0) is 12.5. The molecule has 2 aliphatic carbocycles. The molecule has 0 spiro atoms. The molecular weight excluding hydrogens is 230 g/mol. The molecule has 2 bridgehead atoms. The first-order valence-corrected chi connectivity index (χ1v) is 6.72. The summed E-state index contributed by atoms with van der Waals surface area (Å²) in [5, 5.41) is 12.3. The molecule has 0 radical (unpaired) electrons. The van der Waals surface area contributed by atoms with Crippen molar-refractivity contribution in [2.24, 2.45) is 17.8 Å². The maximum atomic E-state index is 12.2. The van der Waals surface area contributed by atoms with Gasteiger partial charge in [0.15, 0.2) is 0 Å². The average Bonchev–Trinajstić information content (AvgIpc) is 3.10. The molecule has 2 saturated carbocycles. The lowest BCUT2D eigenvalue weighted by Crippen LogP contribution is -2.37. The van der Waals surface area contributed by atoms with Crippen molar-refractivity contribution in [1.29, 1.82) is 0 Å². The Morgan fingerprint density at radius 2 is 2.39 bits per heavy atom. The minimum Gasteiger partial charge on any atom is -0.467 e. The van der Waals surface area contributed by atoms with Crippen molar-refractivity contribution in [2.45, 2.75) is 31.7 Å². The van der Waals surface area contributed by atoms with Crippen LogP contribution in [-0.4, -0.2) is 17.6 Å². The maximum absolute atomic E-state index is 12.2. The van der Waals surface area contributed by atoms with Crippen LogP contribution in [0, 0.1) is 17.8 Å². The van der Waals surface area contributed by atoms with Gasteiger partial charge in [0.1, 0.15) is 11.8 Å². The molecule has 4 atom stereocenters. The SMILES string of the molecule is O=C(NC(CO)c1ccco1)C1CC2CCC1C2. The summed E-state index contributed by atoms with van der Waals surface area (Å²) in [4.78, 5) is 12.2. The van der Waals surface area contributed by atoms with Crippen molar-refractivity contribution in [3.63, 3.8) is 0 Å². The first-order valence-electron chi connectivity index (χ1n) is 6.72. The molecule has 1 amide bonds. The highest BCUT2D eigenvalue weighted by atomic mass is 16.3. The molecule has 0 aliphatic heterocycles. The Labute approximate surface area is 106 Å². The van der Waals surface area contributed by atoms with Gasteiger partial charge in [-0.2, -0.15) is 0 Å². The summed E-state index contributed by atoms with van der Waals surface area (Å²) < 4.78 is 5.24. The van der Waals surface area contributed by atoms with Crippen LogP contribution in [0.25, 0.3) is 0 Å². The summed E-state index contributed by atoms with van der Waals surface area (Å²) in [5.74, 6) is 2.16. The van der Waals surface area contributed by atoms with Gasteiger partial charge < -0.3 is 14.8 Å². The minimum absolute atomic E-state index is 0.0812. The molecule has 4 heteroatoms. The van der Waals surface area contributed by atoms with Crippen molar-refractivity contribution in [3.05, 3.63) is 24.2 Å². The predicted octanol–water partition coefficient (Wildman–Crippen LogP) is 1.87. The van der Waals surface area contributed by atoms with Crippen LogP contribution in [0.2, 0.25) is 0 Å². The van der Waals surface area contributed by atoms with Gasteiger partial charge in [0.05, 0.1) is 12.9 Å². The molecule has 1 heterocycles. The fourth-order valence-electron chi connectivity index (χ4n) is 3.54. The highest BCUT2D eigenvalue weighted by Gasteiger charge is 2.43. The highest BCUT2D eigenvalue weighted by Crippen LogP contribution is 2.48. The first-order chi connectivity index (χ1) is 8.78. The third kappa shape index (κ3) is 2.05. The van der Waals surface area contributed by atoms with E-state index in [4.69, 9.17) is 4.42 Å². The number of hydrogen-bond acceptors (Lipinski definition) is 3. The highest BCUT2D eigenvalue weighted by molar-refractivity contribution is 5.79. The second kappa shape index (κ2) is 4.76. The fraction of sp³-hybridized carbons (Fsp3) is 0.643. The number of carbonyl (C=O) groups is 1. The van der Waals surface area contributed by atoms with Crippen LogP contribution >= 0.6 is 0 Å². The number of amides is 1. The monoisotopic (exact) mass is 249 g/mol. The van der Waals surface area contributed by atoms with Crippen molar-refractivity contribution >= 4 is 5.91 Å². The zero-order valence-electron chi connectivity index (χ0n) is 10.3. The van der Waals surface area contributed by atoms with Crippen molar-refractivity contribution < 1.29 is 14.3 Å². The van der Waals surface area contributed by atoms with E-state index in [1.54, 1.807) is 18.4 Å². The Kier molecular flexibility index (Phi) is 3.12. The summed E-state index contributed by atoms with van der Waals surface area (Å²) in [7, 11) is 0. The number of fused-ring (bicyclic) bond motifs is 2. The van der Waals surface area contributed by atoms with Crippen LogP contribution in [-0.2, 0) is 4.79 Å². The van der Waals surface area contributed by atoms with E-state index in [0.717, 1.165) is 12.3 Å². The second-order valence-electron chi connectivity index (χ2n) is 5.54. The summed E-state index contributed by atoms with van der Waals surface area (Å²) in [5.41, 5.74) is 0. The van der Waals surface area contributed by atoms with Crippen molar-refractivity contribution in [2.75, 3.05) is 6.61 Å². The van der Waals surface area contributed by atoms with Gasteiger partial charge in [-0.25, -0.2) is 0 Å². The number of hydrogen-bond donors (Lipinski definition) is 2. The van der Waals surface area contributed by atoms with Gasteiger partial charge >= 0.3 is 0 Å². The Bertz CT molecular complexity index is 415. The number of carbonyl (C=O) groups excluding carboxylic acids is 1. The van der Waals surface area contributed by atoms with E-state index in [0.29, 0.717) is 11.7 Å². The van der Waals surface area contributed by atoms with Gasteiger partial charge in [-0.15, -0.1) is 0 Å². The lowest BCUT2D eigenvalue weighted by atomic mass is 9.88. The Morgan fingerprint density at radius 3 is 2.94 bits per heavy atom. The van der Waals surface area contributed by atoms with Crippen LogP contribution < -0.4 is 5.32 Å². The number of nitrogens with one attached hydrogen (secondary N) is 1. The van der Waals surface area contributed by atoms with E-state index < -0.39 is 6.04 Å². The van der Waals surface area contributed by atoms with Crippen LogP contribution in [0.1, 0.15) is 37.5 Å². The molecule has 1 aromatic rings. The topological polar surface area (TPSA) is 62.5 Å². The first kappa shape index (κ1) is 11.8. The van der Waals surface area contributed by atoms with Gasteiger partial charge in [-0.05, 0) is 43.2 Å². The molecule has 2 fully saturated rings. The molecule has 4 nitrogen and oxygen atoms in total. The van der Waals surface area contributed by atoms with E-state index in [1.165, 1.54) is 19.3 Å². The summed E-state index contributed by atoms with van der Waals surface area (Å²) in [6.45, 7) is -0.125. The molecule has 0 saturated heterocycles. The Morgan fingerprint density at radius 1 is 1.50 bits per heavy atom. The van der Waals surface area contributed by atoms with E-state index in [1.807, 2.05) is 0 Å². The standard InChI is InChI=1S/C14H19NO3/c16-8-12(13-2-1-5-18-13)15-14(17)11-7-9-3-4-10(11)6-9/h1-2,5,9-12,16H,3-4,6-8H2,(H,15,17). The number of aliphatic hydroxyl groups excluding tert-OH is 1. The van der Waals surface area contributed by atoms with Gasteiger partial charge in [-0.1, -0.05) is 6.42 Å². The molecule has 98 valence electrons. The third-order valence-corrected chi connectivity index (χ3v) is 4.46. The van der Waals surface area contributed by atoms with Gasteiger partial charge in [0, 0.05) is 5.92 Å². The van der Waals surface area contributed by atoms with Gasteiger partial charge in [0.25, 0.3) is 0 Å². The summed E-state index contributed by atoms with van der Waals surface area (Å²) >= 11 is 0. The lowest BCUT2D eigenvalue weighted by Gasteiger charge is -2.23. The number of rotatable bonds is 4. The second-order valence-corrected chi connectivity index (χ2v) is 5.54. The molecule has 0 aromatic carbocycles. The maximum Gasteiger partial charge on any atom is 0.224 e.